The molecule has 2 rings (SSSR count). The Morgan fingerprint density at radius 2 is 1.88 bits per heavy atom. The molecule has 0 bridgehead atoms. The highest BCUT2D eigenvalue weighted by atomic mass is 79.9. The van der Waals surface area contributed by atoms with Gasteiger partial charge in [0.2, 0.25) is 0 Å². The van der Waals surface area contributed by atoms with Gasteiger partial charge in [0.15, 0.2) is 0 Å². The van der Waals surface area contributed by atoms with Crippen LogP contribution in [0.4, 0.5) is 0 Å². The second-order valence-corrected chi connectivity index (χ2v) is 5.20. The van der Waals surface area contributed by atoms with Crippen molar-refractivity contribution in [3.05, 3.63) is 68.7 Å². The SMILES string of the molecule is Cc1c(Br)cccc1C(O)c1cccc(Cl)c1. The van der Waals surface area contributed by atoms with Gasteiger partial charge in [-0.2, -0.15) is 0 Å². The van der Waals surface area contributed by atoms with Gasteiger partial charge in [-0.15, -0.1) is 0 Å². The van der Waals surface area contributed by atoms with Gasteiger partial charge in [-0.05, 0) is 41.8 Å². The summed E-state index contributed by atoms with van der Waals surface area (Å²) in [6.07, 6.45) is -0.647. The number of halogens is 2. The molecule has 0 saturated carbocycles. The molecular formula is C14H12BrClO. The van der Waals surface area contributed by atoms with Gasteiger partial charge in [-0.25, -0.2) is 0 Å². The molecule has 0 spiro atoms. The lowest BCUT2D eigenvalue weighted by atomic mass is 9.98. The van der Waals surface area contributed by atoms with Crippen LogP contribution in [-0.2, 0) is 0 Å². The number of aliphatic hydroxyl groups excluding tert-OH is 1. The molecule has 88 valence electrons. The van der Waals surface area contributed by atoms with Gasteiger partial charge >= 0.3 is 0 Å². The number of rotatable bonds is 2. The Hall–Kier alpha value is -0.830. The molecule has 2 aromatic rings. The molecule has 3 heteroatoms. The third-order valence-electron chi connectivity index (χ3n) is 2.77. The van der Waals surface area contributed by atoms with Crippen molar-refractivity contribution < 1.29 is 5.11 Å². The molecule has 1 nitrogen and oxygen atoms in total. The van der Waals surface area contributed by atoms with Crippen LogP contribution < -0.4 is 0 Å². The predicted molar refractivity (Wildman–Crippen MR) is 74.4 cm³/mol. The van der Waals surface area contributed by atoms with Gasteiger partial charge in [0, 0.05) is 9.50 Å². The summed E-state index contributed by atoms with van der Waals surface area (Å²) in [5.74, 6) is 0. The fourth-order valence-electron chi connectivity index (χ4n) is 1.78. The van der Waals surface area contributed by atoms with Crippen LogP contribution >= 0.6 is 27.5 Å². The summed E-state index contributed by atoms with van der Waals surface area (Å²) in [5.41, 5.74) is 2.74. The maximum Gasteiger partial charge on any atom is 0.104 e. The summed E-state index contributed by atoms with van der Waals surface area (Å²) in [6.45, 7) is 1.98. The largest absolute Gasteiger partial charge is 0.384 e. The molecule has 1 atom stereocenters. The molecular weight excluding hydrogens is 300 g/mol. The van der Waals surface area contributed by atoms with Gasteiger partial charge in [0.05, 0.1) is 0 Å². The van der Waals surface area contributed by atoms with Gasteiger partial charge in [0.25, 0.3) is 0 Å². The fraction of sp³-hybridized carbons (Fsp3) is 0.143. The minimum Gasteiger partial charge on any atom is -0.384 e. The zero-order valence-corrected chi connectivity index (χ0v) is 11.7. The highest BCUT2D eigenvalue weighted by Crippen LogP contribution is 2.29. The van der Waals surface area contributed by atoms with Crippen LogP contribution in [0.25, 0.3) is 0 Å². The van der Waals surface area contributed by atoms with Crippen molar-refractivity contribution in [3.63, 3.8) is 0 Å². The smallest absolute Gasteiger partial charge is 0.104 e. The lowest BCUT2D eigenvalue weighted by Gasteiger charge is -2.15. The van der Waals surface area contributed by atoms with Crippen molar-refractivity contribution in [1.82, 2.24) is 0 Å². The molecule has 0 amide bonds. The molecule has 0 aliphatic heterocycles. The fourth-order valence-corrected chi connectivity index (χ4v) is 2.36. The van der Waals surface area contributed by atoms with E-state index in [4.69, 9.17) is 11.6 Å². The first kappa shape index (κ1) is 12.6. The first-order valence-corrected chi connectivity index (χ1v) is 6.45. The number of hydrogen-bond acceptors (Lipinski definition) is 1. The van der Waals surface area contributed by atoms with Crippen LogP contribution in [0, 0.1) is 6.92 Å². The van der Waals surface area contributed by atoms with E-state index in [1.165, 1.54) is 0 Å². The molecule has 1 N–H and O–H groups in total. The Morgan fingerprint density at radius 3 is 2.59 bits per heavy atom. The maximum atomic E-state index is 10.3. The summed E-state index contributed by atoms with van der Waals surface area (Å²) in [6, 6.07) is 13.1. The molecule has 0 aromatic heterocycles. The second kappa shape index (κ2) is 5.21. The van der Waals surface area contributed by atoms with Crippen LogP contribution in [0.5, 0.6) is 0 Å². The van der Waals surface area contributed by atoms with Crippen LogP contribution in [-0.4, -0.2) is 5.11 Å². The summed E-state index contributed by atoms with van der Waals surface area (Å²) in [4.78, 5) is 0. The summed E-state index contributed by atoms with van der Waals surface area (Å²) in [5, 5.41) is 11.0. The minimum atomic E-state index is -0.647. The highest BCUT2D eigenvalue weighted by Gasteiger charge is 2.14. The summed E-state index contributed by atoms with van der Waals surface area (Å²) < 4.78 is 0.996. The Morgan fingerprint density at radius 1 is 1.18 bits per heavy atom. The zero-order valence-electron chi connectivity index (χ0n) is 9.32. The van der Waals surface area contributed by atoms with Crippen molar-refractivity contribution in [2.24, 2.45) is 0 Å². The van der Waals surface area contributed by atoms with E-state index in [0.717, 1.165) is 21.2 Å². The van der Waals surface area contributed by atoms with Gasteiger partial charge in [-0.1, -0.05) is 51.8 Å². The van der Waals surface area contributed by atoms with E-state index in [1.54, 1.807) is 12.1 Å². The molecule has 0 aliphatic carbocycles. The zero-order chi connectivity index (χ0) is 12.4. The Kier molecular flexibility index (Phi) is 3.87. The quantitative estimate of drug-likeness (QED) is 0.866. The lowest BCUT2D eigenvalue weighted by molar-refractivity contribution is 0.219. The molecule has 0 saturated heterocycles. The predicted octanol–water partition coefficient (Wildman–Crippen LogP) is 4.49. The molecule has 0 radical (unpaired) electrons. The van der Waals surface area contributed by atoms with Crippen molar-refractivity contribution in [3.8, 4) is 0 Å². The van der Waals surface area contributed by atoms with Crippen molar-refractivity contribution in [2.75, 3.05) is 0 Å². The molecule has 0 heterocycles. The summed E-state index contributed by atoms with van der Waals surface area (Å²) >= 11 is 9.39. The van der Waals surface area contributed by atoms with Crippen LogP contribution in [0.3, 0.4) is 0 Å². The Bertz CT molecular complexity index is 539. The highest BCUT2D eigenvalue weighted by molar-refractivity contribution is 9.10. The van der Waals surface area contributed by atoms with Crippen molar-refractivity contribution >= 4 is 27.5 Å². The van der Waals surface area contributed by atoms with E-state index in [1.807, 2.05) is 37.3 Å². The molecule has 1 unspecified atom stereocenters. The molecule has 2 aromatic carbocycles. The Labute approximate surface area is 114 Å². The van der Waals surface area contributed by atoms with Crippen LogP contribution in [0.15, 0.2) is 46.9 Å². The van der Waals surface area contributed by atoms with E-state index >= 15 is 0 Å². The normalized spacial score (nSPS) is 12.5. The van der Waals surface area contributed by atoms with E-state index in [2.05, 4.69) is 15.9 Å². The number of hydrogen-bond donors (Lipinski definition) is 1. The maximum absolute atomic E-state index is 10.3. The average Bonchev–Trinajstić information content (AvgIpc) is 2.32. The van der Waals surface area contributed by atoms with Gasteiger partial charge in [-0.3, -0.25) is 0 Å². The van der Waals surface area contributed by atoms with Crippen molar-refractivity contribution in [1.29, 1.82) is 0 Å². The van der Waals surface area contributed by atoms with E-state index in [-0.39, 0.29) is 0 Å². The first-order chi connectivity index (χ1) is 8.09. The lowest BCUT2D eigenvalue weighted by Crippen LogP contribution is -2.02. The first-order valence-electron chi connectivity index (χ1n) is 5.28. The standard InChI is InChI=1S/C14H12BrClO/c1-9-12(6-3-7-13(9)15)14(17)10-4-2-5-11(16)8-10/h2-8,14,17H,1H3. The van der Waals surface area contributed by atoms with Crippen LogP contribution in [0.2, 0.25) is 5.02 Å². The second-order valence-electron chi connectivity index (χ2n) is 3.91. The monoisotopic (exact) mass is 310 g/mol. The van der Waals surface area contributed by atoms with E-state index in [0.29, 0.717) is 5.02 Å². The average molecular weight is 312 g/mol. The van der Waals surface area contributed by atoms with Gasteiger partial charge < -0.3 is 5.11 Å². The van der Waals surface area contributed by atoms with E-state index in [9.17, 15) is 5.11 Å². The number of benzene rings is 2. The van der Waals surface area contributed by atoms with Gasteiger partial charge in [0.1, 0.15) is 6.10 Å². The van der Waals surface area contributed by atoms with E-state index < -0.39 is 6.10 Å². The minimum absolute atomic E-state index is 0.634. The molecule has 0 aliphatic rings. The van der Waals surface area contributed by atoms with Crippen molar-refractivity contribution in [2.45, 2.75) is 13.0 Å². The number of aliphatic hydroxyl groups is 1. The molecule has 0 fully saturated rings. The Balaban J connectivity index is 2.44. The van der Waals surface area contributed by atoms with Crippen LogP contribution in [0.1, 0.15) is 22.8 Å². The molecule has 17 heavy (non-hydrogen) atoms. The third-order valence-corrected chi connectivity index (χ3v) is 3.86. The third kappa shape index (κ3) is 2.71. The topological polar surface area (TPSA) is 20.2 Å². The summed E-state index contributed by atoms with van der Waals surface area (Å²) in [7, 11) is 0.